The molecule has 0 heterocycles. The van der Waals surface area contributed by atoms with Crippen molar-refractivity contribution in [3.8, 4) is 0 Å². The van der Waals surface area contributed by atoms with Crippen LogP contribution in [-0.2, 0) is 21.4 Å². The number of carbonyl (C=O) groups excluding carboxylic acids is 2. The minimum absolute atomic E-state index is 0.0965. The predicted octanol–water partition coefficient (Wildman–Crippen LogP) is 1.52. The molecule has 2 amide bonds. The van der Waals surface area contributed by atoms with Gasteiger partial charge in [-0.2, -0.15) is 0 Å². The molecule has 1 aromatic rings. The number of hydrogen-bond donors (Lipinski definition) is 2. The second kappa shape index (κ2) is 5.87. The van der Waals surface area contributed by atoms with Crippen LogP contribution in [0.3, 0.4) is 0 Å². The molecule has 4 nitrogen and oxygen atoms in total. The van der Waals surface area contributed by atoms with E-state index in [-0.39, 0.29) is 11.3 Å². The van der Waals surface area contributed by atoms with Crippen molar-refractivity contribution in [2.75, 3.05) is 0 Å². The standard InChI is InChI=1S/C15H22N2O2/c1-10(18)17-13(14(16)19)9-11-5-7-12(8-6-11)15(2,3)4/h5-8,13H,9H2,1-4H3,(H2,16,19)(H,17,18)/t13-/m1/s1. The molecule has 0 saturated heterocycles. The van der Waals surface area contributed by atoms with Gasteiger partial charge in [-0.3, -0.25) is 9.59 Å². The van der Waals surface area contributed by atoms with Crippen molar-refractivity contribution in [3.05, 3.63) is 35.4 Å². The van der Waals surface area contributed by atoms with Crippen LogP contribution in [0.4, 0.5) is 0 Å². The molecule has 19 heavy (non-hydrogen) atoms. The topological polar surface area (TPSA) is 72.2 Å². The molecule has 1 aromatic carbocycles. The average Bonchev–Trinajstić information content (AvgIpc) is 2.27. The number of nitrogens with one attached hydrogen (secondary N) is 1. The highest BCUT2D eigenvalue weighted by molar-refractivity contribution is 5.85. The van der Waals surface area contributed by atoms with E-state index < -0.39 is 11.9 Å². The van der Waals surface area contributed by atoms with Gasteiger partial charge in [0.05, 0.1) is 0 Å². The van der Waals surface area contributed by atoms with Crippen LogP contribution in [0.15, 0.2) is 24.3 Å². The first-order valence-corrected chi connectivity index (χ1v) is 6.36. The lowest BCUT2D eigenvalue weighted by Crippen LogP contribution is -2.44. The molecule has 0 aliphatic rings. The first kappa shape index (κ1) is 15.2. The summed E-state index contributed by atoms with van der Waals surface area (Å²) in [5, 5.41) is 2.56. The van der Waals surface area contributed by atoms with Gasteiger partial charge in [-0.15, -0.1) is 0 Å². The Kier molecular flexibility index (Phi) is 4.70. The van der Waals surface area contributed by atoms with E-state index in [2.05, 4.69) is 26.1 Å². The van der Waals surface area contributed by atoms with Gasteiger partial charge in [-0.25, -0.2) is 0 Å². The molecule has 0 radical (unpaired) electrons. The van der Waals surface area contributed by atoms with Crippen molar-refractivity contribution in [2.45, 2.75) is 45.6 Å². The van der Waals surface area contributed by atoms with Gasteiger partial charge in [0.2, 0.25) is 11.8 Å². The highest BCUT2D eigenvalue weighted by atomic mass is 16.2. The van der Waals surface area contributed by atoms with Gasteiger partial charge in [0, 0.05) is 13.3 Å². The van der Waals surface area contributed by atoms with E-state index in [0.29, 0.717) is 6.42 Å². The van der Waals surface area contributed by atoms with Crippen molar-refractivity contribution < 1.29 is 9.59 Å². The summed E-state index contributed by atoms with van der Waals surface area (Å²) in [5.74, 6) is -0.773. The number of primary amides is 1. The van der Waals surface area contributed by atoms with Crippen LogP contribution >= 0.6 is 0 Å². The molecule has 0 bridgehead atoms. The maximum Gasteiger partial charge on any atom is 0.240 e. The first-order valence-electron chi connectivity index (χ1n) is 6.36. The molecule has 0 unspecified atom stereocenters. The third kappa shape index (κ3) is 4.73. The number of rotatable bonds is 4. The van der Waals surface area contributed by atoms with Gasteiger partial charge in [0.15, 0.2) is 0 Å². The molecule has 4 heteroatoms. The van der Waals surface area contributed by atoms with Crippen LogP contribution in [0.2, 0.25) is 0 Å². The monoisotopic (exact) mass is 262 g/mol. The second-order valence-electron chi connectivity index (χ2n) is 5.81. The lowest BCUT2D eigenvalue weighted by Gasteiger charge is -2.20. The fourth-order valence-corrected chi connectivity index (χ4v) is 1.84. The van der Waals surface area contributed by atoms with E-state index in [9.17, 15) is 9.59 Å². The average molecular weight is 262 g/mol. The van der Waals surface area contributed by atoms with E-state index in [1.165, 1.54) is 12.5 Å². The van der Waals surface area contributed by atoms with Crippen LogP contribution in [0, 0.1) is 0 Å². The molecule has 1 atom stereocenters. The fourth-order valence-electron chi connectivity index (χ4n) is 1.84. The molecule has 1 rings (SSSR count). The zero-order valence-corrected chi connectivity index (χ0v) is 12.0. The molecular formula is C15H22N2O2. The summed E-state index contributed by atoms with van der Waals surface area (Å²) in [7, 11) is 0. The smallest absolute Gasteiger partial charge is 0.240 e. The van der Waals surface area contributed by atoms with E-state index in [1.54, 1.807) is 0 Å². The number of benzene rings is 1. The Morgan fingerprint density at radius 3 is 2.11 bits per heavy atom. The van der Waals surface area contributed by atoms with Gasteiger partial charge in [0.25, 0.3) is 0 Å². The molecular weight excluding hydrogens is 240 g/mol. The van der Waals surface area contributed by atoms with Crippen LogP contribution in [0.1, 0.15) is 38.8 Å². The van der Waals surface area contributed by atoms with Crippen molar-refractivity contribution in [2.24, 2.45) is 5.73 Å². The minimum atomic E-state index is -0.655. The highest BCUT2D eigenvalue weighted by Crippen LogP contribution is 2.22. The molecule has 0 aromatic heterocycles. The van der Waals surface area contributed by atoms with Crippen LogP contribution < -0.4 is 11.1 Å². The predicted molar refractivity (Wildman–Crippen MR) is 75.6 cm³/mol. The van der Waals surface area contributed by atoms with Gasteiger partial charge < -0.3 is 11.1 Å². The summed E-state index contributed by atoms with van der Waals surface area (Å²) in [4.78, 5) is 22.3. The highest BCUT2D eigenvalue weighted by Gasteiger charge is 2.18. The molecule has 0 aliphatic carbocycles. The molecule has 0 aliphatic heterocycles. The molecule has 0 spiro atoms. The van der Waals surface area contributed by atoms with Crippen molar-refractivity contribution in [3.63, 3.8) is 0 Å². The van der Waals surface area contributed by atoms with Gasteiger partial charge >= 0.3 is 0 Å². The van der Waals surface area contributed by atoms with Crippen LogP contribution in [0.25, 0.3) is 0 Å². The van der Waals surface area contributed by atoms with E-state index >= 15 is 0 Å². The molecule has 0 fully saturated rings. The number of nitrogens with two attached hydrogens (primary N) is 1. The molecule has 3 N–H and O–H groups in total. The lowest BCUT2D eigenvalue weighted by molar-refractivity contribution is -0.126. The Labute approximate surface area is 114 Å². The second-order valence-corrected chi connectivity index (χ2v) is 5.81. The van der Waals surface area contributed by atoms with Crippen LogP contribution in [-0.4, -0.2) is 17.9 Å². The van der Waals surface area contributed by atoms with E-state index in [0.717, 1.165) is 5.56 Å². The summed E-state index contributed by atoms with van der Waals surface area (Å²) in [6, 6.07) is 7.37. The van der Waals surface area contributed by atoms with Crippen LogP contribution in [0.5, 0.6) is 0 Å². The van der Waals surface area contributed by atoms with Gasteiger partial charge in [0.1, 0.15) is 6.04 Å². The normalized spacial score (nSPS) is 12.8. The number of carbonyl (C=O) groups is 2. The van der Waals surface area contributed by atoms with Crippen molar-refractivity contribution >= 4 is 11.8 Å². The lowest BCUT2D eigenvalue weighted by atomic mass is 9.86. The largest absolute Gasteiger partial charge is 0.368 e. The number of hydrogen-bond acceptors (Lipinski definition) is 2. The Morgan fingerprint density at radius 1 is 1.21 bits per heavy atom. The summed E-state index contributed by atoms with van der Waals surface area (Å²) in [6.07, 6.45) is 0.416. The first-order chi connectivity index (χ1) is 8.70. The SMILES string of the molecule is CC(=O)N[C@H](Cc1ccc(C(C)(C)C)cc1)C(N)=O. The van der Waals surface area contributed by atoms with Crippen molar-refractivity contribution in [1.29, 1.82) is 0 Å². The van der Waals surface area contributed by atoms with Gasteiger partial charge in [-0.1, -0.05) is 45.0 Å². The summed E-state index contributed by atoms with van der Waals surface area (Å²) in [5.41, 5.74) is 7.58. The maximum absolute atomic E-state index is 11.3. The third-order valence-corrected chi connectivity index (χ3v) is 2.98. The Morgan fingerprint density at radius 2 is 1.74 bits per heavy atom. The fraction of sp³-hybridized carbons (Fsp3) is 0.467. The maximum atomic E-state index is 11.3. The summed E-state index contributed by atoms with van der Waals surface area (Å²) in [6.45, 7) is 7.81. The zero-order chi connectivity index (χ0) is 14.6. The molecule has 0 saturated carbocycles. The quantitative estimate of drug-likeness (QED) is 0.863. The van der Waals surface area contributed by atoms with E-state index in [4.69, 9.17) is 5.73 Å². The van der Waals surface area contributed by atoms with Gasteiger partial charge in [-0.05, 0) is 16.5 Å². The minimum Gasteiger partial charge on any atom is -0.368 e. The summed E-state index contributed by atoms with van der Waals surface area (Å²) >= 11 is 0. The Hall–Kier alpha value is -1.84. The van der Waals surface area contributed by atoms with E-state index in [1.807, 2.05) is 24.3 Å². The zero-order valence-electron chi connectivity index (χ0n) is 12.0. The molecule has 104 valence electrons. The summed E-state index contributed by atoms with van der Waals surface area (Å²) < 4.78 is 0. The Balaban J connectivity index is 2.81. The number of amides is 2. The third-order valence-electron chi connectivity index (χ3n) is 2.98. The Bertz CT molecular complexity index is 458. The van der Waals surface area contributed by atoms with Crippen molar-refractivity contribution in [1.82, 2.24) is 5.32 Å².